The summed E-state index contributed by atoms with van der Waals surface area (Å²) in [5.74, 6) is 1.73. The molecular formula is C16H24N2O3. The summed E-state index contributed by atoms with van der Waals surface area (Å²) < 4.78 is 10.5. The van der Waals surface area contributed by atoms with Crippen molar-refractivity contribution < 1.29 is 14.3 Å². The number of hydrogen-bond donors (Lipinski definition) is 1. The minimum atomic E-state index is -0.00567. The molecule has 0 aliphatic carbocycles. The second kappa shape index (κ2) is 6.80. The first-order valence-corrected chi connectivity index (χ1v) is 7.33. The van der Waals surface area contributed by atoms with Crippen LogP contribution in [0.4, 0.5) is 0 Å². The van der Waals surface area contributed by atoms with Crippen molar-refractivity contribution in [3.63, 3.8) is 0 Å². The van der Waals surface area contributed by atoms with Gasteiger partial charge in [0.2, 0.25) is 0 Å². The van der Waals surface area contributed by atoms with Gasteiger partial charge in [0.15, 0.2) is 0 Å². The Morgan fingerprint density at radius 1 is 1.29 bits per heavy atom. The zero-order valence-corrected chi connectivity index (χ0v) is 13.0. The fourth-order valence-electron chi connectivity index (χ4n) is 2.78. The van der Waals surface area contributed by atoms with Crippen molar-refractivity contribution in [1.29, 1.82) is 0 Å². The molecule has 1 aromatic rings. The second-order valence-corrected chi connectivity index (χ2v) is 5.55. The number of piperidine rings is 1. The zero-order chi connectivity index (χ0) is 15.4. The van der Waals surface area contributed by atoms with E-state index in [0.717, 1.165) is 25.9 Å². The third kappa shape index (κ3) is 3.47. The lowest BCUT2D eigenvalue weighted by Crippen LogP contribution is -2.42. The van der Waals surface area contributed by atoms with E-state index in [9.17, 15) is 4.79 Å². The van der Waals surface area contributed by atoms with E-state index >= 15 is 0 Å². The predicted molar refractivity (Wildman–Crippen MR) is 81.8 cm³/mol. The number of likely N-dealkylation sites (tertiary alicyclic amines) is 1. The van der Waals surface area contributed by atoms with Gasteiger partial charge in [-0.1, -0.05) is 0 Å². The molecule has 0 saturated carbocycles. The van der Waals surface area contributed by atoms with Crippen molar-refractivity contribution in [3.8, 4) is 11.5 Å². The van der Waals surface area contributed by atoms with Crippen LogP contribution in [-0.4, -0.2) is 44.2 Å². The molecule has 21 heavy (non-hydrogen) atoms. The second-order valence-electron chi connectivity index (χ2n) is 5.55. The van der Waals surface area contributed by atoms with Gasteiger partial charge in [-0.2, -0.15) is 0 Å². The number of benzene rings is 1. The minimum absolute atomic E-state index is 0.00567. The number of rotatable bonds is 4. The van der Waals surface area contributed by atoms with Gasteiger partial charge in [0.1, 0.15) is 11.5 Å². The maximum Gasteiger partial charge on any atom is 0.257 e. The quantitative estimate of drug-likeness (QED) is 0.920. The van der Waals surface area contributed by atoms with Crippen LogP contribution in [0.15, 0.2) is 18.2 Å². The molecule has 0 bridgehead atoms. The summed E-state index contributed by atoms with van der Waals surface area (Å²) in [5, 5.41) is 0. The molecule has 1 heterocycles. The Balaban J connectivity index is 2.13. The van der Waals surface area contributed by atoms with Crippen LogP contribution in [0.2, 0.25) is 0 Å². The summed E-state index contributed by atoms with van der Waals surface area (Å²) in [6.45, 7) is 3.52. The van der Waals surface area contributed by atoms with Crippen molar-refractivity contribution in [2.45, 2.75) is 25.8 Å². The molecule has 1 aliphatic heterocycles. The number of ether oxygens (including phenoxy) is 2. The van der Waals surface area contributed by atoms with E-state index < -0.39 is 0 Å². The average Bonchev–Trinajstić information content (AvgIpc) is 2.53. The van der Waals surface area contributed by atoms with Gasteiger partial charge >= 0.3 is 0 Å². The molecule has 1 amide bonds. The van der Waals surface area contributed by atoms with Crippen LogP contribution >= 0.6 is 0 Å². The Labute approximate surface area is 126 Å². The molecular weight excluding hydrogens is 268 g/mol. The molecule has 1 aromatic carbocycles. The van der Waals surface area contributed by atoms with Gasteiger partial charge < -0.3 is 20.1 Å². The van der Waals surface area contributed by atoms with Crippen LogP contribution < -0.4 is 15.2 Å². The predicted octanol–water partition coefficient (Wildman–Crippen LogP) is 1.90. The molecule has 0 spiro atoms. The van der Waals surface area contributed by atoms with Gasteiger partial charge in [-0.25, -0.2) is 0 Å². The van der Waals surface area contributed by atoms with E-state index in [-0.39, 0.29) is 11.9 Å². The van der Waals surface area contributed by atoms with Crippen LogP contribution in [0.5, 0.6) is 11.5 Å². The average molecular weight is 292 g/mol. The highest BCUT2D eigenvalue weighted by Crippen LogP contribution is 2.27. The number of methoxy groups -OCH3 is 2. The Kier molecular flexibility index (Phi) is 5.07. The third-order valence-electron chi connectivity index (χ3n) is 4.21. The highest BCUT2D eigenvalue weighted by atomic mass is 16.5. The molecule has 0 aromatic heterocycles. The fraction of sp³-hybridized carbons (Fsp3) is 0.562. The Bertz CT molecular complexity index is 494. The monoisotopic (exact) mass is 292 g/mol. The zero-order valence-electron chi connectivity index (χ0n) is 13.0. The number of hydrogen-bond acceptors (Lipinski definition) is 4. The largest absolute Gasteiger partial charge is 0.497 e. The van der Waals surface area contributed by atoms with Crippen molar-refractivity contribution in [2.24, 2.45) is 11.7 Å². The molecule has 5 nitrogen and oxygen atoms in total. The standard InChI is InChI=1S/C16H24N2O3/c1-11(17)12-6-8-18(9-7-12)16(19)14-10-13(20-2)4-5-15(14)21-3/h4-5,10-12H,6-9,17H2,1-3H3. The van der Waals surface area contributed by atoms with E-state index in [1.54, 1.807) is 32.4 Å². The van der Waals surface area contributed by atoms with Crippen molar-refractivity contribution in [3.05, 3.63) is 23.8 Å². The number of nitrogens with two attached hydrogens (primary N) is 1. The summed E-state index contributed by atoms with van der Waals surface area (Å²) >= 11 is 0. The molecule has 2 N–H and O–H groups in total. The van der Waals surface area contributed by atoms with Gasteiger partial charge in [-0.05, 0) is 43.9 Å². The third-order valence-corrected chi connectivity index (χ3v) is 4.21. The first-order chi connectivity index (χ1) is 10.1. The smallest absolute Gasteiger partial charge is 0.257 e. The Hall–Kier alpha value is -1.75. The number of carbonyl (C=O) groups is 1. The number of amides is 1. The maximum atomic E-state index is 12.7. The first kappa shape index (κ1) is 15.6. The van der Waals surface area contributed by atoms with Crippen molar-refractivity contribution in [1.82, 2.24) is 4.90 Å². The summed E-state index contributed by atoms with van der Waals surface area (Å²) in [7, 11) is 3.16. The molecule has 1 saturated heterocycles. The fourth-order valence-corrected chi connectivity index (χ4v) is 2.78. The maximum absolute atomic E-state index is 12.7. The van der Waals surface area contributed by atoms with Gasteiger partial charge in [0.05, 0.1) is 19.8 Å². The van der Waals surface area contributed by atoms with Gasteiger partial charge in [-0.15, -0.1) is 0 Å². The molecule has 5 heteroatoms. The van der Waals surface area contributed by atoms with Crippen molar-refractivity contribution >= 4 is 5.91 Å². The lowest BCUT2D eigenvalue weighted by Gasteiger charge is -2.34. The minimum Gasteiger partial charge on any atom is -0.497 e. The number of carbonyl (C=O) groups excluding carboxylic acids is 1. The van der Waals surface area contributed by atoms with Gasteiger partial charge in [0, 0.05) is 19.1 Å². The van der Waals surface area contributed by atoms with Crippen LogP contribution in [0.3, 0.4) is 0 Å². The highest BCUT2D eigenvalue weighted by molar-refractivity contribution is 5.97. The van der Waals surface area contributed by atoms with Gasteiger partial charge in [-0.3, -0.25) is 4.79 Å². The summed E-state index contributed by atoms with van der Waals surface area (Å²) in [6.07, 6.45) is 1.91. The highest BCUT2D eigenvalue weighted by Gasteiger charge is 2.27. The van der Waals surface area contributed by atoms with Crippen LogP contribution in [-0.2, 0) is 0 Å². The molecule has 1 unspecified atom stereocenters. The summed E-state index contributed by atoms with van der Waals surface area (Å²) in [6, 6.07) is 5.48. The molecule has 1 atom stereocenters. The molecule has 116 valence electrons. The summed E-state index contributed by atoms with van der Waals surface area (Å²) in [4.78, 5) is 14.6. The van der Waals surface area contributed by atoms with E-state index in [4.69, 9.17) is 15.2 Å². The normalized spacial score (nSPS) is 17.4. The van der Waals surface area contributed by atoms with Crippen LogP contribution in [0, 0.1) is 5.92 Å². The summed E-state index contributed by atoms with van der Waals surface area (Å²) in [5.41, 5.74) is 6.50. The molecule has 1 fully saturated rings. The van der Waals surface area contributed by atoms with Crippen LogP contribution in [0.25, 0.3) is 0 Å². The lowest BCUT2D eigenvalue weighted by atomic mass is 9.90. The molecule has 1 aliphatic rings. The van der Waals surface area contributed by atoms with E-state index in [2.05, 4.69) is 0 Å². The van der Waals surface area contributed by atoms with Crippen LogP contribution in [0.1, 0.15) is 30.1 Å². The van der Waals surface area contributed by atoms with E-state index in [1.165, 1.54) is 0 Å². The Morgan fingerprint density at radius 3 is 2.48 bits per heavy atom. The van der Waals surface area contributed by atoms with E-state index in [1.807, 2.05) is 11.8 Å². The van der Waals surface area contributed by atoms with E-state index in [0.29, 0.717) is 23.0 Å². The molecule has 0 radical (unpaired) electrons. The number of nitrogens with zero attached hydrogens (tertiary/aromatic N) is 1. The molecule has 2 rings (SSSR count). The first-order valence-electron chi connectivity index (χ1n) is 7.33. The SMILES string of the molecule is COc1ccc(OC)c(C(=O)N2CCC(C(C)N)CC2)c1. The van der Waals surface area contributed by atoms with Crippen molar-refractivity contribution in [2.75, 3.05) is 27.3 Å². The van der Waals surface area contributed by atoms with Gasteiger partial charge in [0.25, 0.3) is 5.91 Å². The Morgan fingerprint density at radius 2 is 1.95 bits per heavy atom. The lowest BCUT2D eigenvalue weighted by molar-refractivity contribution is 0.0677. The topological polar surface area (TPSA) is 64.8 Å².